The molecular weight excluding hydrogens is 371 g/mol. The number of amides is 2. The van der Waals surface area contributed by atoms with Crippen LogP contribution in [0.1, 0.15) is 26.3 Å². The molecule has 0 radical (unpaired) electrons. The highest BCUT2D eigenvalue weighted by Gasteiger charge is 2.35. The summed E-state index contributed by atoms with van der Waals surface area (Å²) in [6.07, 6.45) is 1.56. The summed E-state index contributed by atoms with van der Waals surface area (Å²) in [6.45, 7) is 0.119. The van der Waals surface area contributed by atoms with Crippen molar-refractivity contribution >= 4 is 35.0 Å². The Kier molecular flexibility index (Phi) is 4.23. The SMILES string of the molecule is O=C1c2ccccc2C(=O)N1Cc1cnc(Cl)c(-c2ccccc2Cl)c1. The first-order chi connectivity index (χ1) is 12.6. The van der Waals surface area contributed by atoms with Gasteiger partial charge in [-0.1, -0.05) is 53.5 Å². The summed E-state index contributed by atoms with van der Waals surface area (Å²) in [6, 6.07) is 15.9. The molecule has 1 aliphatic rings. The molecule has 0 N–H and O–H groups in total. The standard InChI is InChI=1S/C20H12Cl2N2O2/c21-17-8-4-3-5-13(17)16-9-12(10-23-18(16)22)11-24-19(25)14-6-1-2-7-15(14)20(24)26/h1-10H,11H2. The van der Waals surface area contributed by atoms with Crippen molar-refractivity contribution < 1.29 is 9.59 Å². The van der Waals surface area contributed by atoms with Crippen molar-refractivity contribution in [2.75, 3.05) is 0 Å². The second-order valence-electron chi connectivity index (χ2n) is 5.90. The van der Waals surface area contributed by atoms with Crippen LogP contribution in [-0.2, 0) is 6.54 Å². The van der Waals surface area contributed by atoms with Gasteiger partial charge in [0.15, 0.2) is 0 Å². The number of hydrogen-bond acceptors (Lipinski definition) is 3. The summed E-state index contributed by atoms with van der Waals surface area (Å²) >= 11 is 12.5. The Morgan fingerprint density at radius 3 is 2.00 bits per heavy atom. The van der Waals surface area contributed by atoms with Gasteiger partial charge in [0, 0.05) is 22.3 Å². The monoisotopic (exact) mass is 382 g/mol. The maximum atomic E-state index is 12.5. The van der Waals surface area contributed by atoms with Gasteiger partial charge in [-0.15, -0.1) is 0 Å². The molecule has 1 aliphatic heterocycles. The normalized spacial score (nSPS) is 13.2. The molecule has 2 aromatic carbocycles. The summed E-state index contributed by atoms with van der Waals surface area (Å²) in [4.78, 5) is 30.5. The molecule has 0 unspecified atom stereocenters. The lowest BCUT2D eigenvalue weighted by Gasteiger charge is -2.15. The first kappa shape index (κ1) is 16.8. The number of aromatic nitrogens is 1. The average Bonchev–Trinajstić information content (AvgIpc) is 2.89. The molecular formula is C20H12Cl2N2O2. The first-order valence-electron chi connectivity index (χ1n) is 7.91. The third-order valence-electron chi connectivity index (χ3n) is 4.28. The van der Waals surface area contributed by atoms with E-state index in [1.54, 1.807) is 42.6 Å². The molecule has 6 heteroatoms. The van der Waals surface area contributed by atoms with Gasteiger partial charge in [0.2, 0.25) is 0 Å². The zero-order chi connectivity index (χ0) is 18.3. The number of pyridine rings is 1. The Morgan fingerprint density at radius 2 is 1.38 bits per heavy atom. The number of halogens is 2. The highest BCUT2D eigenvalue weighted by Crippen LogP contribution is 2.33. The maximum absolute atomic E-state index is 12.5. The van der Waals surface area contributed by atoms with Crippen molar-refractivity contribution in [1.29, 1.82) is 0 Å². The minimum absolute atomic E-state index is 0.119. The Balaban J connectivity index is 1.69. The zero-order valence-corrected chi connectivity index (χ0v) is 15.0. The van der Waals surface area contributed by atoms with E-state index in [0.29, 0.717) is 32.4 Å². The van der Waals surface area contributed by atoms with Crippen LogP contribution in [0.25, 0.3) is 11.1 Å². The topological polar surface area (TPSA) is 50.3 Å². The molecule has 1 aromatic heterocycles. The van der Waals surface area contributed by atoms with Crippen molar-refractivity contribution in [1.82, 2.24) is 9.88 Å². The second kappa shape index (κ2) is 6.56. The van der Waals surface area contributed by atoms with E-state index in [1.165, 1.54) is 4.90 Å². The summed E-state index contributed by atoms with van der Waals surface area (Å²) in [7, 11) is 0. The van der Waals surface area contributed by atoms with Gasteiger partial charge in [-0.05, 0) is 29.8 Å². The summed E-state index contributed by atoms with van der Waals surface area (Å²) in [5, 5.41) is 0.860. The van der Waals surface area contributed by atoms with Gasteiger partial charge in [0.25, 0.3) is 11.8 Å². The lowest BCUT2D eigenvalue weighted by Crippen LogP contribution is -2.29. The molecule has 0 fully saturated rings. The third kappa shape index (κ3) is 2.77. The Bertz CT molecular complexity index is 1010. The molecule has 2 heterocycles. The van der Waals surface area contributed by atoms with E-state index in [1.807, 2.05) is 18.2 Å². The molecule has 0 bridgehead atoms. The molecule has 0 aliphatic carbocycles. The molecule has 4 rings (SSSR count). The molecule has 0 saturated heterocycles. The second-order valence-corrected chi connectivity index (χ2v) is 6.67. The predicted octanol–water partition coefficient (Wildman–Crippen LogP) is 4.85. The van der Waals surface area contributed by atoms with Gasteiger partial charge < -0.3 is 0 Å². The van der Waals surface area contributed by atoms with Gasteiger partial charge in [0.1, 0.15) is 5.15 Å². The van der Waals surface area contributed by atoms with E-state index in [0.717, 1.165) is 5.56 Å². The minimum Gasteiger partial charge on any atom is -0.270 e. The predicted molar refractivity (Wildman–Crippen MR) is 100 cm³/mol. The van der Waals surface area contributed by atoms with Crippen LogP contribution in [0.4, 0.5) is 0 Å². The van der Waals surface area contributed by atoms with E-state index >= 15 is 0 Å². The van der Waals surface area contributed by atoms with Crippen molar-refractivity contribution in [3.63, 3.8) is 0 Å². The van der Waals surface area contributed by atoms with Crippen LogP contribution in [0.3, 0.4) is 0 Å². The maximum Gasteiger partial charge on any atom is 0.261 e. The molecule has 2 amide bonds. The molecule has 0 saturated carbocycles. The van der Waals surface area contributed by atoms with E-state index in [2.05, 4.69) is 4.98 Å². The van der Waals surface area contributed by atoms with E-state index in [-0.39, 0.29) is 18.4 Å². The van der Waals surface area contributed by atoms with Crippen LogP contribution in [0, 0.1) is 0 Å². The molecule has 128 valence electrons. The Morgan fingerprint density at radius 1 is 0.808 bits per heavy atom. The highest BCUT2D eigenvalue weighted by atomic mass is 35.5. The quantitative estimate of drug-likeness (QED) is 0.480. The van der Waals surface area contributed by atoms with Gasteiger partial charge >= 0.3 is 0 Å². The number of carbonyl (C=O) groups excluding carboxylic acids is 2. The van der Waals surface area contributed by atoms with Gasteiger partial charge in [-0.25, -0.2) is 4.98 Å². The highest BCUT2D eigenvalue weighted by molar-refractivity contribution is 6.35. The van der Waals surface area contributed by atoms with Crippen LogP contribution < -0.4 is 0 Å². The smallest absolute Gasteiger partial charge is 0.261 e. The molecule has 4 nitrogen and oxygen atoms in total. The fraction of sp³-hybridized carbons (Fsp3) is 0.0500. The van der Waals surface area contributed by atoms with E-state index in [4.69, 9.17) is 23.2 Å². The number of hydrogen-bond donors (Lipinski definition) is 0. The summed E-state index contributed by atoms with van der Waals surface area (Å²) in [5.74, 6) is -0.611. The van der Waals surface area contributed by atoms with Gasteiger partial charge in [0.05, 0.1) is 17.7 Å². The third-order valence-corrected chi connectivity index (χ3v) is 4.91. The van der Waals surface area contributed by atoms with Gasteiger partial charge in [-0.2, -0.15) is 0 Å². The van der Waals surface area contributed by atoms with Crippen molar-refractivity contribution in [2.45, 2.75) is 6.54 Å². The van der Waals surface area contributed by atoms with Crippen LogP contribution in [-0.4, -0.2) is 21.7 Å². The number of imide groups is 1. The first-order valence-corrected chi connectivity index (χ1v) is 8.66. The zero-order valence-electron chi connectivity index (χ0n) is 13.4. The van der Waals surface area contributed by atoms with Crippen molar-refractivity contribution in [3.05, 3.63) is 87.7 Å². The Labute approximate surface area is 160 Å². The number of fused-ring (bicyclic) bond motifs is 1. The minimum atomic E-state index is -0.306. The summed E-state index contributed by atoms with van der Waals surface area (Å²) in [5.41, 5.74) is 2.94. The van der Waals surface area contributed by atoms with Crippen LogP contribution >= 0.6 is 23.2 Å². The van der Waals surface area contributed by atoms with E-state index < -0.39 is 0 Å². The van der Waals surface area contributed by atoms with Crippen molar-refractivity contribution in [2.24, 2.45) is 0 Å². The number of rotatable bonds is 3. The number of carbonyl (C=O) groups is 2. The average molecular weight is 383 g/mol. The lowest BCUT2D eigenvalue weighted by atomic mass is 10.1. The fourth-order valence-electron chi connectivity index (χ4n) is 3.01. The molecule has 26 heavy (non-hydrogen) atoms. The van der Waals surface area contributed by atoms with Crippen LogP contribution in [0.2, 0.25) is 10.2 Å². The fourth-order valence-corrected chi connectivity index (χ4v) is 3.45. The lowest BCUT2D eigenvalue weighted by molar-refractivity contribution is 0.0642. The van der Waals surface area contributed by atoms with E-state index in [9.17, 15) is 9.59 Å². The molecule has 0 atom stereocenters. The number of benzene rings is 2. The number of nitrogens with zero attached hydrogens (tertiary/aromatic N) is 2. The molecule has 3 aromatic rings. The Hall–Kier alpha value is -2.69. The van der Waals surface area contributed by atoms with Crippen LogP contribution in [0.15, 0.2) is 60.8 Å². The summed E-state index contributed by atoms with van der Waals surface area (Å²) < 4.78 is 0. The van der Waals surface area contributed by atoms with Gasteiger partial charge in [-0.3, -0.25) is 14.5 Å². The van der Waals surface area contributed by atoms with Crippen molar-refractivity contribution in [3.8, 4) is 11.1 Å². The van der Waals surface area contributed by atoms with Crippen LogP contribution in [0.5, 0.6) is 0 Å². The largest absolute Gasteiger partial charge is 0.270 e. The molecule has 0 spiro atoms.